The Morgan fingerprint density at radius 1 is 1.04 bits per heavy atom. The van der Waals surface area contributed by atoms with E-state index < -0.39 is 6.10 Å². The van der Waals surface area contributed by atoms with Gasteiger partial charge in [0.1, 0.15) is 0 Å². The molecule has 1 amide bonds. The number of likely N-dealkylation sites (tertiary alicyclic amines) is 1. The minimum atomic E-state index is -0.471. The van der Waals surface area contributed by atoms with Crippen LogP contribution in [-0.4, -0.2) is 59.1 Å². The van der Waals surface area contributed by atoms with Gasteiger partial charge < -0.3 is 10.0 Å². The minimum absolute atomic E-state index is 0.00339. The Hall–Kier alpha value is -1.91. The summed E-state index contributed by atoms with van der Waals surface area (Å²) in [7, 11) is 1.84. The van der Waals surface area contributed by atoms with Gasteiger partial charge in [0, 0.05) is 31.7 Å². The fourth-order valence-electron chi connectivity index (χ4n) is 4.68. The Labute approximate surface area is 155 Å². The molecule has 4 heteroatoms. The monoisotopic (exact) mass is 352 g/mol. The van der Waals surface area contributed by atoms with E-state index in [1.54, 1.807) is 4.90 Å². The average Bonchev–Trinajstić information content (AvgIpc) is 3.09. The molecule has 2 fully saturated rings. The van der Waals surface area contributed by atoms with Crippen molar-refractivity contribution in [2.45, 2.75) is 50.3 Å². The van der Waals surface area contributed by atoms with E-state index in [4.69, 9.17) is 0 Å². The number of carbonyl (C=O) groups is 1. The molecular weight excluding hydrogens is 324 g/mol. The van der Waals surface area contributed by atoms with Gasteiger partial charge >= 0.3 is 0 Å². The molecule has 2 aromatic carbocycles. The smallest absolute Gasteiger partial charge is 0.254 e. The molecule has 1 aliphatic carbocycles. The second-order valence-electron chi connectivity index (χ2n) is 7.82. The van der Waals surface area contributed by atoms with Crippen LogP contribution in [0.2, 0.25) is 0 Å². The number of aliphatic hydroxyl groups is 1. The molecule has 1 aliphatic heterocycles. The summed E-state index contributed by atoms with van der Waals surface area (Å²) in [6.45, 7) is 1.46. The summed E-state index contributed by atoms with van der Waals surface area (Å²) in [6.07, 6.45) is 5.87. The van der Waals surface area contributed by atoms with Crippen LogP contribution in [0.1, 0.15) is 42.5 Å². The van der Waals surface area contributed by atoms with Crippen LogP contribution in [0.3, 0.4) is 0 Å². The van der Waals surface area contributed by atoms with Gasteiger partial charge in [-0.1, -0.05) is 55.7 Å². The van der Waals surface area contributed by atoms with Crippen molar-refractivity contribution in [1.29, 1.82) is 0 Å². The third kappa shape index (κ3) is 3.24. The molecule has 4 rings (SSSR count). The molecule has 26 heavy (non-hydrogen) atoms. The molecule has 0 unspecified atom stereocenters. The van der Waals surface area contributed by atoms with Crippen LogP contribution in [0.5, 0.6) is 0 Å². The van der Waals surface area contributed by atoms with E-state index in [2.05, 4.69) is 4.90 Å². The second-order valence-corrected chi connectivity index (χ2v) is 7.82. The van der Waals surface area contributed by atoms with Gasteiger partial charge in [0.25, 0.3) is 5.91 Å². The lowest BCUT2D eigenvalue weighted by molar-refractivity contribution is 0.0583. The summed E-state index contributed by atoms with van der Waals surface area (Å²) in [5.74, 6) is -0.00339. The third-order valence-corrected chi connectivity index (χ3v) is 6.22. The first kappa shape index (κ1) is 17.5. The summed E-state index contributed by atoms with van der Waals surface area (Å²) in [6, 6.07) is 14.3. The van der Waals surface area contributed by atoms with E-state index in [1.807, 2.05) is 49.5 Å². The van der Waals surface area contributed by atoms with Gasteiger partial charge in [-0.15, -0.1) is 0 Å². The molecular formula is C22H28N2O2. The number of hydrogen-bond acceptors (Lipinski definition) is 3. The number of β-amino-alcohol motifs (C(OH)–C–C–N with tert-alkyl or cyclic N) is 1. The summed E-state index contributed by atoms with van der Waals surface area (Å²) in [4.78, 5) is 17.3. The molecule has 2 aliphatic rings. The number of hydrogen-bond donors (Lipinski definition) is 1. The number of likely N-dealkylation sites (N-methyl/N-ethyl adjacent to an activating group) is 1. The molecule has 1 N–H and O–H groups in total. The minimum Gasteiger partial charge on any atom is -0.390 e. The molecule has 0 bridgehead atoms. The molecule has 138 valence electrons. The Morgan fingerprint density at radius 2 is 1.77 bits per heavy atom. The van der Waals surface area contributed by atoms with Crippen molar-refractivity contribution in [3.05, 3.63) is 48.0 Å². The van der Waals surface area contributed by atoms with Crippen molar-refractivity contribution >= 4 is 16.7 Å². The van der Waals surface area contributed by atoms with Crippen LogP contribution >= 0.6 is 0 Å². The van der Waals surface area contributed by atoms with Gasteiger partial charge in [0.15, 0.2) is 0 Å². The van der Waals surface area contributed by atoms with E-state index in [0.29, 0.717) is 18.2 Å². The fraction of sp³-hybridized carbons (Fsp3) is 0.500. The quantitative estimate of drug-likeness (QED) is 0.922. The molecule has 2 atom stereocenters. The number of aliphatic hydroxyl groups excluding tert-OH is 1. The number of nitrogens with zero attached hydrogens (tertiary/aromatic N) is 2. The van der Waals surface area contributed by atoms with Crippen LogP contribution in [0.25, 0.3) is 10.8 Å². The number of fused-ring (bicyclic) bond motifs is 1. The molecule has 1 saturated carbocycles. The van der Waals surface area contributed by atoms with Gasteiger partial charge in [0.2, 0.25) is 0 Å². The summed E-state index contributed by atoms with van der Waals surface area (Å²) in [5, 5.41) is 12.7. The van der Waals surface area contributed by atoms with Crippen molar-refractivity contribution in [1.82, 2.24) is 9.80 Å². The van der Waals surface area contributed by atoms with Crippen LogP contribution in [0.4, 0.5) is 0 Å². The second kappa shape index (κ2) is 7.37. The highest BCUT2D eigenvalue weighted by molar-refractivity contribution is 6.07. The lowest BCUT2D eigenvalue weighted by Gasteiger charge is -2.32. The molecule has 2 aromatic rings. The van der Waals surface area contributed by atoms with Gasteiger partial charge in [0.05, 0.1) is 12.1 Å². The van der Waals surface area contributed by atoms with E-state index in [1.165, 1.54) is 32.1 Å². The predicted molar refractivity (Wildman–Crippen MR) is 104 cm³/mol. The predicted octanol–water partition coefficient (Wildman–Crippen LogP) is 3.29. The molecule has 4 nitrogen and oxygen atoms in total. The van der Waals surface area contributed by atoms with Crippen molar-refractivity contribution in [3.8, 4) is 0 Å². The summed E-state index contributed by atoms with van der Waals surface area (Å²) in [5.41, 5.74) is 0.717. The van der Waals surface area contributed by atoms with Crippen molar-refractivity contribution in [2.24, 2.45) is 0 Å². The highest BCUT2D eigenvalue weighted by atomic mass is 16.3. The average molecular weight is 352 g/mol. The molecule has 0 spiro atoms. The highest BCUT2D eigenvalue weighted by Gasteiger charge is 2.39. The Balaban J connectivity index is 1.53. The van der Waals surface area contributed by atoms with Gasteiger partial charge in [-0.2, -0.15) is 0 Å². The number of benzene rings is 2. The zero-order chi connectivity index (χ0) is 18.1. The maximum absolute atomic E-state index is 13.2. The zero-order valence-corrected chi connectivity index (χ0v) is 15.5. The summed E-state index contributed by atoms with van der Waals surface area (Å²) >= 11 is 0. The van der Waals surface area contributed by atoms with Crippen molar-refractivity contribution in [3.63, 3.8) is 0 Å². The Kier molecular flexibility index (Phi) is 4.96. The lowest BCUT2D eigenvalue weighted by atomic mass is 9.94. The fourth-order valence-corrected chi connectivity index (χ4v) is 4.68. The van der Waals surface area contributed by atoms with Crippen LogP contribution in [-0.2, 0) is 0 Å². The molecule has 0 aromatic heterocycles. The molecule has 0 radical (unpaired) electrons. The maximum Gasteiger partial charge on any atom is 0.254 e. The third-order valence-electron chi connectivity index (χ3n) is 6.22. The van der Waals surface area contributed by atoms with E-state index in [0.717, 1.165) is 17.3 Å². The topological polar surface area (TPSA) is 43.8 Å². The number of carbonyl (C=O) groups excluding carboxylic acids is 1. The largest absolute Gasteiger partial charge is 0.390 e. The maximum atomic E-state index is 13.2. The normalized spacial score (nSPS) is 24.8. The molecule has 1 saturated heterocycles. The van der Waals surface area contributed by atoms with Gasteiger partial charge in [-0.05, 0) is 29.7 Å². The number of rotatable bonds is 3. The van der Waals surface area contributed by atoms with E-state index in [9.17, 15) is 9.90 Å². The van der Waals surface area contributed by atoms with Crippen LogP contribution < -0.4 is 0 Å². The first-order chi connectivity index (χ1) is 12.6. The lowest BCUT2D eigenvalue weighted by Crippen LogP contribution is -2.44. The van der Waals surface area contributed by atoms with Crippen molar-refractivity contribution in [2.75, 3.05) is 20.1 Å². The first-order valence-electron chi connectivity index (χ1n) is 9.82. The Bertz CT molecular complexity index is 779. The van der Waals surface area contributed by atoms with Crippen molar-refractivity contribution < 1.29 is 9.90 Å². The van der Waals surface area contributed by atoms with Gasteiger partial charge in [-0.3, -0.25) is 9.69 Å². The van der Waals surface area contributed by atoms with E-state index in [-0.39, 0.29) is 11.9 Å². The SMILES string of the molecule is CN(C(=O)c1cccc2ccccc12)[C@@H]1CN(C2CCCCC2)C[C@H]1O. The summed E-state index contributed by atoms with van der Waals surface area (Å²) < 4.78 is 0. The molecule has 1 heterocycles. The van der Waals surface area contributed by atoms with Crippen LogP contribution in [0, 0.1) is 0 Å². The zero-order valence-electron chi connectivity index (χ0n) is 15.5. The van der Waals surface area contributed by atoms with Gasteiger partial charge in [-0.25, -0.2) is 0 Å². The van der Waals surface area contributed by atoms with E-state index >= 15 is 0 Å². The Morgan fingerprint density at radius 3 is 2.58 bits per heavy atom. The highest BCUT2D eigenvalue weighted by Crippen LogP contribution is 2.28. The first-order valence-corrected chi connectivity index (χ1v) is 9.82. The van der Waals surface area contributed by atoms with Crippen LogP contribution in [0.15, 0.2) is 42.5 Å². The standard InChI is InChI=1S/C22H28N2O2/c1-23(20-14-24(15-21(20)25)17-10-3-2-4-11-17)22(26)19-13-7-9-16-8-5-6-12-18(16)19/h5-9,12-13,17,20-21,25H,2-4,10-11,14-15H2,1H3/t20-,21-/m1/s1. The number of amides is 1.